The Hall–Kier alpha value is -3.94. The van der Waals surface area contributed by atoms with Crippen LogP contribution >= 0.6 is 0 Å². The maximum absolute atomic E-state index is 13.1. The highest BCUT2D eigenvalue weighted by atomic mass is 16.5. The van der Waals surface area contributed by atoms with Crippen molar-refractivity contribution in [1.82, 2.24) is 4.90 Å². The van der Waals surface area contributed by atoms with E-state index in [4.69, 9.17) is 13.9 Å². The molecule has 8 heteroatoms. The third-order valence-corrected chi connectivity index (χ3v) is 5.41. The third kappa shape index (κ3) is 4.50. The van der Waals surface area contributed by atoms with Gasteiger partial charge in [-0.25, -0.2) is 4.79 Å². The van der Waals surface area contributed by atoms with Gasteiger partial charge < -0.3 is 28.8 Å². The highest BCUT2D eigenvalue weighted by molar-refractivity contribution is 6.01. The molecule has 1 aliphatic heterocycles. The number of hydrogen-bond donors (Lipinski definition) is 1. The van der Waals surface area contributed by atoms with E-state index in [0.29, 0.717) is 29.4 Å². The fourth-order valence-electron chi connectivity index (χ4n) is 3.82. The van der Waals surface area contributed by atoms with Gasteiger partial charge in [-0.05, 0) is 48.4 Å². The SMILES string of the molecule is CCCN1C(=O)c2ccccc2N[C@H]1c1ccc(OCc2ccc(C(=O)OC)o2)c(OC)c1. The second-order valence-electron chi connectivity index (χ2n) is 7.55. The predicted octanol–water partition coefficient (Wildman–Crippen LogP) is 4.63. The molecular formula is C25H26N2O6. The number of nitrogens with one attached hydrogen (secondary N) is 1. The van der Waals surface area contributed by atoms with Crippen LogP contribution < -0.4 is 14.8 Å². The van der Waals surface area contributed by atoms with E-state index in [-0.39, 0.29) is 24.4 Å². The zero-order valence-electron chi connectivity index (χ0n) is 18.8. The largest absolute Gasteiger partial charge is 0.493 e. The van der Waals surface area contributed by atoms with Gasteiger partial charge in [-0.1, -0.05) is 25.1 Å². The summed E-state index contributed by atoms with van der Waals surface area (Å²) < 4.78 is 21.5. The highest BCUT2D eigenvalue weighted by Crippen LogP contribution is 2.37. The third-order valence-electron chi connectivity index (χ3n) is 5.41. The molecule has 1 atom stereocenters. The topological polar surface area (TPSA) is 90.2 Å². The van der Waals surface area contributed by atoms with Crippen molar-refractivity contribution in [3.63, 3.8) is 0 Å². The first-order chi connectivity index (χ1) is 16.0. The van der Waals surface area contributed by atoms with E-state index in [1.807, 2.05) is 48.2 Å². The fourth-order valence-corrected chi connectivity index (χ4v) is 3.82. The van der Waals surface area contributed by atoms with Crippen molar-refractivity contribution in [2.75, 3.05) is 26.1 Å². The van der Waals surface area contributed by atoms with Crippen LogP contribution in [0.15, 0.2) is 59.0 Å². The Morgan fingerprint density at radius 2 is 1.91 bits per heavy atom. The van der Waals surface area contributed by atoms with Crippen molar-refractivity contribution < 1.29 is 28.2 Å². The summed E-state index contributed by atoms with van der Waals surface area (Å²) >= 11 is 0. The number of fused-ring (bicyclic) bond motifs is 1. The van der Waals surface area contributed by atoms with E-state index >= 15 is 0 Å². The van der Waals surface area contributed by atoms with E-state index in [1.54, 1.807) is 19.2 Å². The maximum atomic E-state index is 13.1. The Kier molecular flexibility index (Phi) is 6.53. The van der Waals surface area contributed by atoms with Gasteiger partial charge in [-0.15, -0.1) is 0 Å². The number of nitrogens with zero attached hydrogens (tertiary/aromatic N) is 1. The Bertz CT molecular complexity index is 1160. The lowest BCUT2D eigenvalue weighted by atomic mass is 10.0. The number of methoxy groups -OCH3 is 2. The molecule has 172 valence electrons. The molecule has 0 fully saturated rings. The molecule has 0 bridgehead atoms. The standard InChI is InChI=1S/C25H26N2O6/c1-4-13-27-23(26-19-8-6-5-7-18(19)24(27)28)16-9-11-20(22(14-16)30-2)32-15-17-10-12-21(33-17)25(29)31-3/h5-12,14,23,26H,4,13,15H2,1-3H3/t23-/m1/s1. The average molecular weight is 450 g/mol. The van der Waals surface area contributed by atoms with E-state index in [1.165, 1.54) is 13.2 Å². The number of anilines is 1. The van der Waals surface area contributed by atoms with Crippen LogP contribution in [-0.4, -0.2) is 37.5 Å². The van der Waals surface area contributed by atoms with Crippen molar-refractivity contribution >= 4 is 17.6 Å². The quantitative estimate of drug-likeness (QED) is 0.501. The molecule has 33 heavy (non-hydrogen) atoms. The van der Waals surface area contributed by atoms with Gasteiger partial charge in [-0.2, -0.15) is 0 Å². The van der Waals surface area contributed by atoms with Gasteiger partial charge in [-0.3, -0.25) is 4.79 Å². The summed E-state index contributed by atoms with van der Waals surface area (Å²) in [6.07, 6.45) is 0.504. The fraction of sp³-hybridized carbons (Fsp3) is 0.280. The summed E-state index contributed by atoms with van der Waals surface area (Å²) in [6.45, 7) is 2.78. The molecule has 1 amide bonds. The summed E-state index contributed by atoms with van der Waals surface area (Å²) in [6, 6.07) is 16.3. The van der Waals surface area contributed by atoms with Crippen molar-refractivity contribution in [1.29, 1.82) is 0 Å². The molecule has 1 N–H and O–H groups in total. The van der Waals surface area contributed by atoms with Gasteiger partial charge in [0.05, 0.1) is 19.8 Å². The first kappa shape index (κ1) is 22.3. The first-order valence-corrected chi connectivity index (χ1v) is 10.7. The zero-order valence-corrected chi connectivity index (χ0v) is 18.8. The normalized spacial score (nSPS) is 14.9. The molecular weight excluding hydrogens is 424 g/mol. The van der Waals surface area contributed by atoms with Gasteiger partial charge in [0.25, 0.3) is 5.91 Å². The van der Waals surface area contributed by atoms with Crippen molar-refractivity contribution in [3.05, 3.63) is 77.2 Å². The summed E-state index contributed by atoms with van der Waals surface area (Å²) in [5.74, 6) is 1.08. The van der Waals surface area contributed by atoms with Crippen LogP contribution in [0.1, 0.15) is 51.7 Å². The average Bonchev–Trinajstić information content (AvgIpc) is 3.33. The molecule has 3 aromatic rings. The molecule has 0 radical (unpaired) electrons. The van der Waals surface area contributed by atoms with Crippen LogP contribution in [0.25, 0.3) is 0 Å². The molecule has 2 heterocycles. The van der Waals surface area contributed by atoms with Gasteiger partial charge in [0.1, 0.15) is 18.5 Å². The second kappa shape index (κ2) is 9.68. The van der Waals surface area contributed by atoms with Crippen molar-refractivity contribution in [3.8, 4) is 11.5 Å². The second-order valence-corrected chi connectivity index (χ2v) is 7.55. The van der Waals surface area contributed by atoms with E-state index < -0.39 is 5.97 Å². The number of benzene rings is 2. The number of carbonyl (C=O) groups is 2. The Morgan fingerprint density at radius 3 is 2.67 bits per heavy atom. The molecule has 8 nitrogen and oxygen atoms in total. The summed E-state index contributed by atoms with van der Waals surface area (Å²) in [5, 5.41) is 3.48. The minimum absolute atomic E-state index is 0.00489. The van der Waals surface area contributed by atoms with E-state index in [9.17, 15) is 9.59 Å². The van der Waals surface area contributed by atoms with E-state index in [0.717, 1.165) is 17.7 Å². The Balaban J connectivity index is 1.56. The molecule has 1 aromatic heterocycles. The number of hydrogen-bond acceptors (Lipinski definition) is 7. The van der Waals surface area contributed by atoms with Crippen LogP contribution in [0.2, 0.25) is 0 Å². The molecule has 0 aliphatic carbocycles. The number of ether oxygens (including phenoxy) is 3. The molecule has 2 aromatic carbocycles. The number of furan rings is 1. The number of carbonyl (C=O) groups excluding carboxylic acids is 2. The predicted molar refractivity (Wildman–Crippen MR) is 122 cm³/mol. The van der Waals surface area contributed by atoms with Crippen LogP contribution in [-0.2, 0) is 11.3 Å². The minimum atomic E-state index is -0.545. The summed E-state index contributed by atoms with van der Waals surface area (Å²) in [4.78, 5) is 26.5. The summed E-state index contributed by atoms with van der Waals surface area (Å²) in [7, 11) is 2.86. The lowest BCUT2D eigenvalue weighted by Gasteiger charge is -2.38. The van der Waals surface area contributed by atoms with Crippen LogP contribution in [0.4, 0.5) is 5.69 Å². The molecule has 4 rings (SSSR count). The number of amides is 1. The van der Waals surface area contributed by atoms with Gasteiger partial charge in [0, 0.05) is 12.2 Å². The lowest BCUT2D eigenvalue weighted by molar-refractivity contribution is 0.0560. The zero-order chi connectivity index (χ0) is 23.4. The molecule has 1 aliphatic rings. The van der Waals surface area contributed by atoms with Gasteiger partial charge in [0.15, 0.2) is 11.5 Å². The van der Waals surface area contributed by atoms with Crippen molar-refractivity contribution in [2.24, 2.45) is 0 Å². The minimum Gasteiger partial charge on any atom is -0.493 e. The van der Waals surface area contributed by atoms with Gasteiger partial charge >= 0.3 is 5.97 Å². The van der Waals surface area contributed by atoms with Crippen molar-refractivity contribution in [2.45, 2.75) is 26.1 Å². The molecule has 0 unspecified atom stereocenters. The Morgan fingerprint density at radius 1 is 1.09 bits per heavy atom. The number of esters is 1. The Labute approximate surface area is 192 Å². The van der Waals surface area contributed by atoms with E-state index in [2.05, 4.69) is 10.1 Å². The lowest BCUT2D eigenvalue weighted by Crippen LogP contribution is -2.43. The molecule has 0 spiro atoms. The molecule has 0 saturated heterocycles. The summed E-state index contributed by atoms with van der Waals surface area (Å²) in [5.41, 5.74) is 2.35. The van der Waals surface area contributed by atoms with Gasteiger partial charge in [0.2, 0.25) is 5.76 Å². The maximum Gasteiger partial charge on any atom is 0.373 e. The highest BCUT2D eigenvalue weighted by Gasteiger charge is 2.32. The number of rotatable bonds is 8. The smallest absolute Gasteiger partial charge is 0.373 e. The molecule has 0 saturated carbocycles. The van der Waals surface area contributed by atoms with Crippen LogP contribution in [0, 0.1) is 0 Å². The number of para-hydroxylation sites is 1. The van der Waals surface area contributed by atoms with Crippen LogP contribution in [0.3, 0.4) is 0 Å². The monoisotopic (exact) mass is 450 g/mol. The van der Waals surface area contributed by atoms with Crippen LogP contribution in [0.5, 0.6) is 11.5 Å². The first-order valence-electron chi connectivity index (χ1n) is 10.7.